The predicted octanol–water partition coefficient (Wildman–Crippen LogP) is 3.60. The molecule has 1 N–H and O–H groups in total. The second-order valence-electron chi connectivity index (χ2n) is 7.78. The van der Waals surface area contributed by atoms with Crippen LogP contribution in [0.3, 0.4) is 0 Å². The summed E-state index contributed by atoms with van der Waals surface area (Å²) in [5, 5.41) is 4.76. The summed E-state index contributed by atoms with van der Waals surface area (Å²) in [5.74, 6) is 0.583. The second kappa shape index (κ2) is 7.84. The highest BCUT2D eigenvalue weighted by atomic mass is 16.5. The van der Waals surface area contributed by atoms with Crippen molar-refractivity contribution in [3.05, 3.63) is 94.0 Å². The van der Waals surface area contributed by atoms with Gasteiger partial charge in [-0.1, -0.05) is 36.4 Å². The number of fused-ring (bicyclic) bond motifs is 3. The fourth-order valence-electron chi connectivity index (χ4n) is 4.35. The van der Waals surface area contributed by atoms with Crippen LogP contribution in [0.4, 0.5) is 0 Å². The number of aryl methyl sites for hydroxylation is 1. The van der Waals surface area contributed by atoms with Crippen molar-refractivity contribution >= 4 is 10.9 Å². The number of hydrogen-bond acceptors (Lipinski definition) is 3. The van der Waals surface area contributed by atoms with Crippen molar-refractivity contribution < 1.29 is 4.74 Å². The molecule has 0 spiro atoms. The SMILES string of the molecule is Cn1c2c(c3ccc(-n4ccc(OCc5ccccc5)cc4=O)cc31)CCNCC2. The molecule has 3 heterocycles. The van der Waals surface area contributed by atoms with E-state index in [0.29, 0.717) is 12.4 Å². The van der Waals surface area contributed by atoms with Gasteiger partial charge in [-0.3, -0.25) is 9.36 Å². The maximum Gasteiger partial charge on any atom is 0.258 e. The summed E-state index contributed by atoms with van der Waals surface area (Å²) < 4.78 is 9.75. The van der Waals surface area contributed by atoms with Gasteiger partial charge in [-0.15, -0.1) is 0 Å². The number of pyridine rings is 1. The fraction of sp³-hybridized carbons (Fsp3) is 0.240. The molecule has 0 radical (unpaired) electrons. The lowest BCUT2D eigenvalue weighted by Gasteiger charge is -2.10. The second-order valence-corrected chi connectivity index (χ2v) is 7.78. The monoisotopic (exact) mass is 399 g/mol. The van der Waals surface area contributed by atoms with Gasteiger partial charge in [0.1, 0.15) is 12.4 Å². The van der Waals surface area contributed by atoms with E-state index in [-0.39, 0.29) is 5.56 Å². The van der Waals surface area contributed by atoms with Gasteiger partial charge >= 0.3 is 0 Å². The van der Waals surface area contributed by atoms with Gasteiger partial charge in [0.25, 0.3) is 5.56 Å². The van der Waals surface area contributed by atoms with Crippen molar-refractivity contribution in [2.75, 3.05) is 13.1 Å². The Bertz CT molecular complexity index is 1250. The Morgan fingerprint density at radius 2 is 1.83 bits per heavy atom. The van der Waals surface area contributed by atoms with Crippen LogP contribution in [-0.2, 0) is 26.5 Å². The summed E-state index contributed by atoms with van der Waals surface area (Å²) >= 11 is 0. The standard InChI is InChI=1S/C25H25N3O2/c1-27-23-10-13-26-12-9-22(23)21-8-7-19(15-24(21)27)28-14-11-20(16-25(28)29)30-17-18-5-3-2-4-6-18/h2-8,11,14-16,26H,9-10,12-13,17H2,1H3. The van der Waals surface area contributed by atoms with Crippen molar-refractivity contribution in [3.8, 4) is 11.4 Å². The Hall–Kier alpha value is -3.31. The van der Waals surface area contributed by atoms with E-state index in [1.807, 2.05) is 42.5 Å². The molecule has 4 aromatic rings. The first-order valence-electron chi connectivity index (χ1n) is 10.4. The molecule has 0 amide bonds. The van der Waals surface area contributed by atoms with Crippen LogP contribution in [0.15, 0.2) is 71.7 Å². The van der Waals surface area contributed by atoms with Crippen molar-refractivity contribution in [2.24, 2.45) is 7.05 Å². The predicted molar refractivity (Wildman–Crippen MR) is 120 cm³/mol. The van der Waals surface area contributed by atoms with E-state index in [0.717, 1.165) is 37.2 Å². The summed E-state index contributed by atoms with van der Waals surface area (Å²) in [6.07, 6.45) is 3.87. The Kier molecular flexibility index (Phi) is 4.89. The molecule has 0 saturated carbocycles. The molecule has 0 fully saturated rings. The van der Waals surface area contributed by atoms with Crippen LogP contribution in [0, 0.1) is 0 Å². The van der Waals surface area contributed by atoms with Crippen LogP contribution < -0.4 is 15.6 Å². The zero-order valence-electron chi connectivity index (χ0n) is 17.1. The molecule has 5 heteroatoms. The fourth-order valence-corrected chi connectivity index (χ4v) is 4.35. The van der Waals surface area contributed by atoms with Gasteiger partial charge in [0, 0.05) is 43.4 Å². The summed E-state index contributed by atoms with van der Waals surface area (Å²) in [4.78, 5) is 12.8. The summed E-state index contributed by atoms with van der Waals surface area (Å²) in [5.41, 5.74) is 5.85. The lowest BCUT2D eigenvalue weighted by molar-refractivity contribution is 0.305. The number of aromatic nitrogens is 2. The van der Waals surface area contributed by atoms with E-state index in [1.165, 1.54) is 22.2 Å². The molecule has 1 aliphatic heterocycles. The molecule has 2 aromatic heterocycles. The Balaban J connectivity index is 1.45. The highest BCUT2D eigenvalue weighted by molar-refractivity contribution is 5.87. The molecular weight excluding hydrogens is 374 g/mol. The van der Waals surface area contributed by atoms with Crippen molar-refractivity contribution in [3.63, 3.8) is 0 Å². The average molecular weight is 399 g/mol. The Morgan fingerprint density at radius 1 is 1.00 bits per heavy atom. The highest BCUT2D eigenvalue weighted by Crippen LogP contribution is 2.29. The zero-order chi connectivity index (χ0) is 20.5. The van der Waals surface area contributed by atoms with Crippen molar-refractivity contribution in [1.82, 2.24) is 14.5 Å². The van der Waals surface area contributed by atoms with Gasteiger partial charge in [0.05, 0.1) is 11.2 Å². The van der Waals surface area contributed by atoms with E-state index < -0.39 is 0 Å². The first kappa shape index (κ1) is 18.7. The van der Waals surface area contributed by atoms with E-state index in [4.69, 9.17) is 4.74 Å². The largest absolute Gasteiger partial charge is 0.489 e. The Morgan fingerprint density at radius 3 is 2.67 bits per heavy atom. The minimum Gasteiger partial charge on any atom is -0.489 e. The van der Waals surface area contributed by atoms with Gasteiger partial charge < -0.3 is 14.6 Å². The minimum absolute atomic E-state index is 0.0973. The van der Waals surface area contributed by atoms with Crippen molar-refractivity contribution in [2.45, 2.75) is 19.4 Å². The maximum absolute atomic E-state index is 12.8. The summed E-state index contributed by atoms with van der Waals surface area (Å²) in [6, 6.07) is 19.7. The third-order valence-corrected chi connectivity index (χ3v) is 5.93. The number of hydrogen-bond donors (Lipinski definition) is 1. The molecule has 5 nitrogen and oxygen atoms in total. The molecule has 5 rings (SSSR count). The lowest BCUT2D eigenvalue weighted by atomic mass is 10.1. The van der Waals surface area contributed by atoms with Gasteiger partial charge in [0.15, 0.2) is 0 Å². The number of nitrogens with zero attached hydrogens (tertiary/aromatic N) is 2. The maximum atomic E-state index is 12.8. The molecule has 1 aliphatic rings. The van der Waals surface area contributed by atoms with Gasteiger partial charge in [-0.05, 0) is 42.3 Å². The van der Waals surface area contributed by atoms with Gasteiger partial charge in [-0.2, -0.15) is 0 Å². The first-order valence-corrected chi connectivity index (χ1v) is 10.4. The van der Waals surface area contributed by atoms with Crippen LogP contribution >= 0.6 is 0 Å². The zero-order valence-corrected chi connectivity index (χ0v) is 17.1. The van der Waals surface area contributed by atoms with Crippen LogP contribution in [0.25, 0.3) is 16.6 Å². The average Bonchev–Trinajstić information content (AvgIpc) is 2.92. The highest BCUT2D eigenvalue weighted by Gasteiger charge is 2.17. The quantitative estimate of drug-likeness (QED) is 0.570. The van der Waals surface area contributed by atoms with Gasteiger partial charge in [-0.25, -0.2) is 0 Å². The minimum atomic E-state index is -0.0973. The van der Waals surface area contributed by atoms with Crippen LogP contribution in [0.1, 0.15) is 16.8 Å². The normalized spacial score (nSPS) is 13.8. The molecule has 2 aromatic carbocycles. The van der Waals surface area contributed by atoms with Crippen LogP contribution in [0.2, 0.25) is 0 Å². The number of ether oxygens (including phenoxy) is 1. The van der Waals surface area contributed by atoms with Crippen LogP contribution in [-0.4, -0.2) is 22.2 Å². The van der Waals surface area contributed by atoms with Crippen LogP contribution in [0.5, 0.6) is 5.75 Å². The van der Waals surface area contributed by atoms with E-state index >= 15 is 0 Å². The number of benzene rings is 2. The molecular formula is C25H25N3O2. The molecule has 30 heavy (non-hydrogen) atoms. The molecule has 0 atom stereocenters. The third kappa shape index (κ3) is 3.42. The number of nitrogens with one attached hydrogen (secondary N) is 1. The third-order valence-electron chi connectivity index (χ3n) is 5.93. The molecule has 0 unspecified atom stereocenters. The van der Waals surface area contributed by atoms with E-state index in [9.17, 15) is 4.79 Å². The Labute approximate surface area is 175 Å². The summed E-state index contributed by atoms with van der Waals surface area (Å²) in [7, 11) is 2.12. The molecule has 152 valence electrons. The summed E-state index contributed by atoms with van der Waals surface area (Å²) in [6.45, 7) is 2.46. The van der Waals surface area contributed by atoms with Crippen molar-refractivity contribution in [1.29, 1.82) is 0 Å². The van der Waals surface area contributed by atoms with E-state index in [1.54, 1.807) is 16.8 Å². The number of rotatable bonds is 4. The lowest BCUT2D eigenvalue weighted by Crippen LogP contribution is -2.17. The van der Waals surface area contributed by atoms with Gasteiger partial charge in [0.2, 0.25) is 0 Å². The molecule has 0 aliphatic carbocycles. The topological polar surface area (TPSA) is 48.2 Å². The molecule has 0 bridgehead atoms. The molecule has 0 saturated heterocycles. The smallest absolute Gasteiger partial charge is 0.258 e. The first-order chi connectivity index (χ1) is 14.7. The van der Waals surface area contributed by atoms with E-state index in [2.05, 4.69) is 29.1 Å².